The van der Waals surface area contributed by atoms with Gasteiger partial charge in [0.05, 0.1) is 27.7 Å². The number of phosphoric ester groups is 1. The van der Waals surface area contributed by atoms with E-state index in [4.69, 9.17) is 18.5 Å². The second kappa shape index (κ2) is 72.0. The topological polar surface area (TPSA) is 108 Å². The lowest BCUT2D eigenvalue weighted by atomic mass is 10.0. The van der Waals surface area contributed by atoms with Crippen molar-refractivity contribution in [3.63, 3.8) is 0 Å². The van der Waals surface area contributed by atoms with E-state index in [1.165, 1.54) is 372 Å². The molecule has 0 aromatic carbocycles. The number of likely N-dealkylation sites (N-methyl/N-ethyl adjacent to an activating group) is 1. The van der Waals surface area contributed by atoms with Gasteiger partial charge in [-0.1, -0.05) is 398 Å². The maximum absolute atomic E-state index is 12.9. The molecule has 0 aliphatic heterocycles. The highest BCUT2D eigenvalue weighted by molar-refractivity contribution is 7.47. The number of rotatable bonds is 77. The van der Waals surface area contributed by atoms with E-state index < -0.39 is 26.5 Å². The average molecular weight is 1290 g/mol. The molecule has 0 amide bonds. The number of allylic oxidation sites excluding steroid dienone is 2. The van der Waals surface area contributed by atoms with E-state index in [2.05, 4.69) is 26.0 Å². The fraction of sp³-hybridized carbons (Fsp3) is 0.950. The fourth-order valence-electron chi connectivity index (χ4n) is 12.6. The molecule has 2 unspecified atom stereocenters. The molecule has 2 atom stereocenters. The predicted molar refractivity (Wildman–Crippen MR) is 391 cm³/mol. The van der Waals surface area contributed by atoms with Crippen LogP contribution in [-0.2, 0) is 32.7 Å². The quantitative estimate of drug-likeness (QED) is 0.0211. The first-order valence-electron chi connectivity index (χ1n) is 40.4. The highest BCUT2D eigenvalue weighted by Crippen LogP contribution is 2.43. The van der Waals surface area contributed by atoms with E-state index in [-0.39, 0.29) is 25.6 Å². The number of quaternary nitrogens is 1. The van der Waals surface area contributed by atoms with E-state index in [1.54, 1.807) is 0 Å². The summed E-state index contributed by atoms with van der Waals surface area (Å²) in [6, 6.07) is 0. The maximum Gasteiger partial charge on any atom is 0.472 e. The Balaban J connectivity index is 3.89. The van der Waals surface area contributed by atoms with Crippen LogP contribution in [0.3, 0.4) is 0 Å². The number of hydrogen-bond acceptors (Lipinski definition) is 7. The van der Waals surface area contributed by atoms with Crippen molar-refractivity contribution in [3.05, 3.63) is 12.2 Å². The molecule has 0 aromatic rings. The second-order valence-corrected chi connectivity index (χ2v) is 30.6. The maximum atomic E-state index is 12.9. The molecule has 536 valence electrons. The van der Waals surface area contributed by atoms with Gasteiger partial charge in [0.2, 0.25) is 0 Å². The van der Waals surface area contributed by atoms with Crippen molar-refractivity contribution in [1.82, 2.24) is 0 Å². The van der Waals surface area contributed by atoms with Crippen LogP contribution < -0.4 is 0 Å². The molecule has 0 saturated heterocycles. The number of esters is 2. The number of carbonyl (C=O) groups is 2. The zero-order valence-electron chi connectivity index (χ0n) is 61.4. The molecule has 0 radical (unpaired) electrons. The Bertz CT molecular complexity index is 1520. The van der Waals surface area contributed by atoms with Gasteiger partial charge in [-0.15, -0.1) is 0 Å². The van der Waals surface area contributed by atoms with Gasteiger partial charge in [0.15, 0.2) is 6.10 Å². The van der Waals surface area contributed by atoms with Crippen LogP contribution >= 0.6 is 7.82 Å². The molecule has 0 aliphatic rings. The molecule has 9 nitrogen and oxygen atoms in total. The second-order valence-electron chi connectivity index (χ2n) is 29.2. The van der Waals surface area contributed by atoms with Gasteiger partial charge in [0, 0.05) is 12.8 Å². The van der Waals surface area contributed by atoms with Gasteiger partial charge >= 0.3 is 19.8 Å². The normalized spacial score (nSPS) is 13.0. The van der Waals surface area contributed by atoms with E-state index in [0.717, 1.165) is 38.5 Å². The molecular weight excluding hydrogens is 1130 g/mol. The highest BCUT2D eigenvalue weighted by atomic mass is 31.2. The molecule has 90 heavy (non-hydrogen) atoms. The van der Waals surface area contributed by atoms with Crippen LogP contribution in [0.1, 0.15) is 438 Å². The van der Waals surface area contributed by atoms with Gasteiger partial charge in [-0.05, 0) is 38.5 Å². The van der Waals surface area contributed by atoms with Crippen molar-refractivity contribution in [3.8, 4) is 0 Å². The van der Waals surface area contributed by atoms with Crippen molar-refractivity contribution in [2.75, 3.05) is 47.5 Å². The summed E-state index contributed by atoms with van der Waals surface area (Å²) >= 11 is 0. The van der Waals surface area contributed by atoms with Crippen LogP contribution in [0.25, 0.3) is 0 Å². The third kappa shape index (κ3) is 75.8. The van der Waals surface area contributed by atoms with Gasteiger partial charge in [-0.3, -0.25) is 18.6 Å². The minimum atomic E-state index is -4.39. The summed E-state index contributed by atoms with van der Waals surface area (Å²) < 4.78 is 34.8. The summed E-state index contributed by atoms with van der Waals surface area (Å²) in [5.74, 6) is -0.766. The number of unbranched alkanes of at least 4 members (excludes halogenated alkanes) is 61. The Kier molecular flexibility index (Phi) is 71.0. The molecule has 0 spiro atoms. The lowest BCUT2D eigenvalue weighted by Gasteiger charge is -2.24. The molecule has 0 heterocycles. The third-order valence-electron chi connectivity index (χ3n) is 18.8. The first-order valence-corrected chi connectivity index (χ1v) is 41.9. The molecule has 0 aromatic heterocycles. The molecule has 0 saturated carbocycles. The Hall–Kier alpha value is -1.25. The van der Waals surface area contributed by atoms with Crippen LogP contribution in [0.15, 0.2) is 12.2 Å². The number of nitrogens with zero attached hydrogens (tertiary/aromatic N) is 1. The van der Waals surface area contributed by atoms with Crippen LogP contribution in [0.5, 0.6) is 0 Å². The molecule has 10 heteroatoms. The van der Waals surface area contributed by atoms with Crippen molar-refractivity contribution in [2.24, 2.45) is 0 Å². The minimum Gasteiger partial charge on any atom is -0.462 e. The van der Waals surface area contributed by atoms with Gasteiger partial charge in [0.1, 0.15) is 19.8 Å². The summed E-state index contributed by atoms with van der Waals surface area (Å²) in [5.41, 5.74) is 0. The highest BCUT2D eigenvalue weighted by Gasteiger charge is 2.27. The first kappa shape index (κ1) is 88.8. The summed E-state index contributed by atoms with van der Waals surface area (Å²) in [6.45, 7) is 4.53. The van der Waals surface area contributed by atoms with Crippen molar-refractivity contribution in [2.45, 2.75) is 444 Å². The monoisotopic (exact) mass is 1290 g/mol. The zero-order chi connectivity index (χ0) is 65.5. The minimum absolute atomic E-state index is 0.0369. The van der Waals surface area contributed by atoms with Crippen molar-refractivity contribution in [1.29, 1.82) is 0 Å². The van der Waals surface area contributed by atoms with Gasteiger partial charge < -0.3 is 18.9 Å². The number of phosphoric acid groups is 1. The molecule has 0 bridgehead atoms. The van der Waals surface area contributed by atoms with Crippen molar-refractivity contribution < 1.29 is 42.1 Å². The molecule has 1 N–H and O–H groups in total. The molecule has 0 aliphatic carbocycles. The number of ether oxygens (including phenoxy) is 2. The standard InChI is InChI=1S/C80H158NO8P/c1-6-8-10-12-14-16-18-20-22-24-26-28-30-32-34-36-38-40-42-44-46-48-50-52-54-56-58-60-62-64-66-68-70-72-79(82)86-76-78(77-88-90(84,85)87-75-74-81(3,4)5)89-80(83)73-71-69-67-65-63-61-59-57-55-53-51-49-47-45-43-41-39-37-35-33-31-29-27-25-23-21-19-17-15-13-11-9-7-2/h25,27,78H,6-24,26,28-77H2,1-5H3/p+1/b27-25-. The summed E-state index contributed by atoms with van der Waals surface area (Å²) in [7, 11) is 1.51. The Morgan fingerprint density at radius 3 is 0.822 bits per heavy atom. The first-order chi connectivity index (χ1) is 44.0. The lowest BCUT2D eigenvalue weighted by Crippen LogP contribution is -2.37. The molecule has 0 rings (SSSR count). The fourth-order valence-corrected chi connectivity index (χ4v) is 13.3. The van der Waals surface area contributed by atoms with E-state index >= 15 is 0 Å². The predicted octanol–water partition coefficient (Wildman–Crippen LogP) is 26.6. The Labute approximate surface area is 562 Å². The summed E-state index contributed by atoms with van der Waals surface area (Å²) in [5, 5.41) is 0. The van der Waals surface area contributed by atoms with Gasteiger partial charge in [-0.2, -0.15) is 0 Å². The molecular formula is C80H159NO8P+. The van der Waals surface area contributed by atoms with E-state index in [1.807, 2.05) is 21.1 Å². The van der Waals surface area contributed by atoms with Crippen LogP contribution in [0.2, 0.25) is 0 Å². The average Bonchev–Trinajstić information content (AvgIpc) is 3.58. The summed E-state index contributed by atoms with van der Waals surface area (Å²) in [6.07, 6.45) is 90.9. The smallest absolute Gasteiger partial charge is 0.462 e. The van der Waals surface area contributed by atoms with E-state index in [9.17, 15) is 19.0 Å². The SMILES string of the molecule is CCCCCCCCCC/C=C\CCCCCCCCCCCCCCCCCCCCCCCC(=O)OC(COC(=O)CCCCCCCCCCCCCCCCCCCCCCCCCCCCCCCCCCC)COP(=O)(O)OCC[N+](C)(C)C. The largest absolute Gasteiger partial charge is 0.472 e. The van der Waals surface area contributed by atoms with Crippen LogP contribution in [0.4, 0.5) is 0 Å². The molecule has 0 fully saturated rings. The van der Waals surface area contributed by atoms with Crippen LogP contribution in [-0.4, -0.2) is 74.9 Å². The number of carbonyl (C=O) groups excluding carboxylic acids is 2. The van der Waals surface area contributed by atoms with Crippen molar-refractivity contribution >= 4 is 19.8 Å². The lowest BCUT2D eigenvalue weighted by molar-refractivity contribution is -0.870. The Morgan fingerprint density at radius 2 is 0.567 bits per heavy atom. The van der Waals surface area contributed by atoms with Gasteiger partial charge in [-0.25, -0.2) is 4.57 Å². The number of hydrogen-bond donors (Lipinski definition) is 1. The Morgan fingerprint density at radius 1 is 0.333 bits per heavy atom. The van der Waals surface area contributed by atoms with Crippen LogP contribution in [0, 0.1) is 0 Å². The third-order valence-corrected chi connectivity index (χ3v) is 19.8. The van der Waals surface area contributed by atoms with Gasteiger partial charge in [0.25, 0.3) is 0 Å². The summed E-state index contributed by atoms with van der Waals surface area (Å²) in [4.78, 5) is 36.0. The zero-order valence-corrected chi connectivity index (χ0v) is 62.3. The van der Waals surface area contributed by atoms with E-state index in [0.29, 0.717) is 17.4 Å².